The lowest BCUT2D eigenvalue weighted by Gasteiger charge is -2.35. The van der Waals surface area contributed by atoms with Gasteiger partial charge in [-0.2, -0.15) is 0 Å². The topological polar surface area (TPSA) is 61.8 Å². The van der Waals surface area contributed by atoms with Crippen molar-refractivity contribution in [2.24, 2.45) is 0 Å². The number of carbonyl (C=O) groups is 1. The minimum Gasteiger partial charge on any atom is -0.478 e. The SMILES string of the molecule is CC(NCC1CN(c2ccc(C(=O)O)cc2)CCO1)c1cccc2ccccc12. The maximum absolute atomic E-state index is 11.0. The van der Waals surface area contributed by atoms with Gasteiger partial charge in [-0.15, -0.1) is 0 Å². The molecule has 2 atom stereocenters. The lowest BCUT2D eigenvalue weighted by Crippen LogP contribution is -2.47. The summed E-state index contributed by atoms with van der Waals surface area (Å²) >= 11 is 0. The van der Waals surface area contributed by atoms with E-state index in [2.05, 4.69) is 59.6 Å². The van der Waals surface area contributed by atoms with E-state index < -0.39 is 5.97 Å². The Morgan fingerprint density at radius 1 is 1.14 bits per heavy atom. The van der Waals surface area contributed by atoms with Gasteiger partial charge in [-0.3, -0.25) is 0 Å². The van der Waals surface area contributed by atoms with E-state index >= 15 is 0 Å². The molecule has 5 heteroatoms. The van der Waals surface area contributed by atoms with Crippen LogP contribution in [-0.2, 0) is 4.74 Å². The molecule has 0 saturated carbocycles. The largest absolute Gasteiger partial charge is 0.478 e. The van der Waals surface area contributed by atoms with Gasteiger partial charge in [-0.05, 0) is 47.5 Å². The van der Waals surface area contributed by atoms with Crippen molar-refractivity contribution in [1.29, 1.82) is 0 Å². The number of hydrogen-bond acceptors (Lipinski definition) is 4. The monoisotopic (exact) mass is 390 g/mol. The zero-order chi connectivity index (χ0) is 20.2. The highest BCUT2D eigenvalue weighted by atomic mass is 16.5. The van der Waals surface area contributed by atoms with E-state index in [1.54, 1.807) is 12.1 Å². The number of fused-ring (bicyclic) bond motifs is 1. The molecular formula is C24H26N2O3. The van der Waals surface area contributed by atoms with Crippen LogP contribution in [0.3, 0.4) is 0 Å². The number of hydrogen-bond donors (Lipinski definition) is 2. The molecule has 3 aromatic carbocycles. The van der Waals surface area contributed by atoms with Gasteiger partial charge in [0, 0.05) is 31.4 Å². The Labute approximate surface area is 170 Å². The van der Waals surface area contributed by atoms with Crippen molar-refractivity contribution in [2.75, 3.05) is 31.1 Å². The van der Waals surface area contributed by atoms with Crippen LogP contribution in [0.1, 0.15) is 28.9 Å². The molecule has 1 fully saturated rings. The van der Waals surface area contributed by atoms with Gasteiger partial charge in [-0.1, -0.05) is 42.5 Å². The van der Waals surface area contributed by atoms with Gasteiger partial charge in [0.15, 0.2) is 0 Å². The van der Waals surface area contributed by atoms with Gasteiger partial charge in [0.1, 0.15) is 0 Å². The number of rotatable bonds is 6. The molecule has 0 spiro atoms. The van der Waals surface area contributed by atoms with Gasteiger partial charge in [0.2, 0.25) is 0 Å². The van der Waals surface area contributed by atoms with Gasteiger partial charge in [-0.25, -0.2) is 4.79 Å². The molecule has 2 N–H and O–H groups in total. The van der Waals surface area contributed by atoms with Crippen LogP contribution in [0, 0.1) is 0 Å². The first-order chi connectivity index (χ1) is 14.1. The lowest BCUT2D eigenvalue weighted by atomic mass is 9.99. The fourth-order valence-electron chi connectivity index (χ4n) is 3.94. The van der Waals surface area contributed by atoms with Crippen molar-refractivity contribution in [3.63, 3.8) is 0 Å². The molecule has 2 unspecified atom stereocenters. The van der Waals surface area contributed by atoms with E-state index in [1.165, 1.54) is 16.3 Å². The second kappa shape index (κ2) is 8.64. The number of ether oxygens (including phenoxy) is 1. The molecule has 1 aliphatic rings. The molecule has 0 bridgehead atoms. The third-order valence-electron chi connectivity index (χ3n) is 5.56. The third-order valence-corrected chi connectivity index (χ3v) is 5.56. The summed E-state index contributed by atoms with van der Waals surface area (Å²) < 4.78 is 5.97. The molecular weight excluding hydrogens is 364 g/mol. The predicted octanol–water partition coefficient (Wildman–Crippen LogP) is 4.09. The standard InChI is InChI=1S/C24H26N2O3/c1-17(22-8-4-6-18-5-2-3-7-23(18)22)25-15-21-16-26(13-14-29-21)20-11-9-19(10-12-20)24(27)28/h2-12,17,21,25H,13-16H2,1H3,(H,27,28). The zero-order valence-electron chi connectivity index (χ0n) is 16.5. The minimum atomic E-state index is -0.900. The van der Waals surface area contributed by atoms with Crippen molar-refractivity contribution in [3.05, 3.63) is 77.9 Å². The molecule has 3 aromatic rings. The van der Waals surface area contributed by atoms with E-state index in [0.29, 0.717) is 12.2 Å². The first-order valence-electron chi connectivity index (χ1n) is 10.0. The molecule has 0 aromatic heterocycles. The van der Waals surface area contributed by atoms with Crippen molar-refractivity contribution < 1.29 is 14.6 Å². The molecule has 4 rings (SSSR count). The van der Waals surface area contributed by atoms with Gasteiger partial charge in [0.05, 0.1) is 18.3 Å². The van der Waals surface area contributed by atoms with Crippen molar-refractivity contribution in [3.8, 4) is 0 Å². The number of morpholine rings is 1. The maximum Gasteiger partial charge on any atom is 0.335 e. The number of aromatic carboxylic acids is 1. The average Bonchev–Trinajstić information content (AvgIpc) is 2.77. The van der Waals surface area contributed by atoms with Gasteiger partial charge >= 0.3 is 5.97 Å². The zero-order valence-corrected chi connectivity index (χ0v) is 16.5. The Morgan fingerprint density at radius 3 is 2.69 bits per heavy atom. The summed E-state index contributed by atoms with van der Waals surface area (Å²) in [5.74, 6) is -0.900. The smallest absolute Gasteiger partial charge is 0.335 e. The fourth-order valence-corrected chi connectivity index (χ4v) is 3.94. The molecule has 150 valence electrons. The van der Waals surface area contributed by atoms with E-state index in [-0.39, 0.29) is 12.1 Å². The Balaban J connectivity index is 1.38. The lowest BCUT2D eigenvalue weighted by molar-refractivity contribution is 0.0394. The number of nitrogens with one attached hydrogen (secondary N) is 1. The van der Waals surface area contributed by atoms with Gasteiger partial charge < -0.3 is 20.1 Å². The van der Waals surface area contributed by atoms with E-state index in [4.69, 9.17) is 9.84 Å². The van der Waals surface area contributed by atoms with Crippen molar-refractivity contribution in [1.82, 2.24) is 5.32 Å². The molecule has 0 radical (unpaired) electrons. The van der Waals surface area contributed by atoms with E-state index in [9.17, 15) is 4.79 Å². The molecule has 1 saturated heterocycles. The van der Waals surface area contributed by atoms with E-state index in [1.807, 2.05) is 12.1 Å². The predicted molar refractivity (Wildman–Crippen MR) is 116 cm³/mol. The molecule has 1 aliphatic heterocycles. The summed E-state index contributed by atoms with van der Waals surface area (Å²) in [4.78, 5) is 13.3. The number of anilines is 1. The molecule has 29 heavy (non-hydrogen) atoms. The maximum atomic E-state index is 11.0. The van der Waals surface area contributed by atoms with E-state index in [0.717, 1.165) is 25.3 Å². The Morgan fingerprint density at radius 2 is 1.90 bits per heavy atom. The van der Waals surface area contributed by atoms with Crippen LogP contribution in [0.25, 0.3) is 10.8 Å². The van der Waals surface area contributed by atoms with Gasteiger partial charge in [0.25, 0.3) is 0 Å². The summed E-state index contributed by atoms with van der Waals surface area (Å²) in [6.07, 6.45) is 0.0836. The van der Waals surface area contributed by atoms with Crippen LogP contribution < -0.4 is 10.2 Å². The second-order valence-electron chi connectivity index (χ2n) is 7.49. The Hall–Kier alpha value is -2.89. The highest BCUT2D eigenvalue weighted by molar-refractivity contribution is 5.88. The summed E-state index contributed by atoms with van der Waals surface area (Å²) in [6, 6.07) is 22.2. The molecule has 1 heterocycles. The number of benzene rings is 3. The summed E-state index contributed by atoms with van der Waals surface area (Å²) in [5, 5.41) is 15.2. The Kier molecular flexibility index (Phi) is 5.79. The number of carboxylic acid groups (broad SMARTS) is 1. The first-order valence-corrected chi connectivity index (χ1v) is 10.0. The van der Waals surface area contributed by atoms with Crippen molar-refractivity contribution >= 4 is 22.4 Å². The molecule has 0 aliphatic carbocycles. The van der Waals surface area contributed by atoms with Crippen LogP contribution in [0.4, 0.5) is 5.69 Å². The average molecular weight is 390 g/mol. The molecule has 0 amide bonds. The highest BCUT2D eigenvalue weighted by Crippen LogP contribution is 2.24. The first kappa shape index (κ1) is 19.4. The second-order valence-corrected chi connectivity index (χ2v) is 7.49. The van der Waals surface area contributed by atoms with Crippen LogP contribution in [0.15, 0.2) is 66.7 Å². The van der Waals surface area contributed by atoms with Crippen LogP contribution in [0.2, 0.25) is 0 Å². The van der Waals surface area contributed by atoms with Crippen LogP contribution >= 0.6 is 0 Å². The normalized spacial score (nSPS) is 18.0. The quantitative estimate of drug-likeness (QED) is 0.664. The summed E-state index contributed by atoms with van der Waals surface area (Å²) in [6.45, 7) is 5.19. The third kappa shape index (κ3) is 4.42. The van der Waals surface area contributed by atoms with Crippen LogP contribution in [0.5, 0.6) is 0 Å². The fraction of sp³-hybridized carbons (Fsp3) is 0.292. The summed E-state index contributed by atoms with van der Waals surface area (Å²) in [7, 11) is 0. The molecule has 5 nitrogen and oxygen atoms in total. The van der Waals surface area contributed by atoms with Crippen LogP contribution in [-0.4, -0.2) is 43.4 Å². The highest BCUT2D eigenvalue weighted by Gasteiger charge is 2.22. The number of nitrogens with zero attached hydrogens (tertiary/aromatic N) is 1. The van der Waals surface area contributed by atoms with Crippen molar-refractivity contribution in [2.45, 2.75) is 19.1 Å². The Bertz CT molecular complexity index is 982. The summed E-state index contributed by atoms with van der Waals surface area (Å²) in [5.41, 5.74) is 2.63. The minimum absolute atomic E-state index is 0.0836. The number of carboxylic acids is 1.